The number of halogens is 1. The van der Waals surface area contributed by atoms with Gasteiger partial charge in [0.1, 0.15) is 11.6 Å². The number of nitrogens with zero attached hydrogens (tertiary/aromatic N) is 3. The molecule has 32 heavy (non-hydrogen) atoms. The lowest BCUT2D eigenvalue weighted by atomic mass is 10.2. The van der Waals surface area contributed by atoms with Gasteiger partial charge in [-0.05, 0) is 48.9 Å². The lowest BCUT2D eigenvalue weighted by Gasteiger charge is -2.23. The molecule has 3 aromatic rings. The Labute approximate surface area is 192 Å². The number of aromatic nitrogens is 2. The molecule has 0 fully saturated rings. The Morgan fingerprint density at radius 3 is 2.47 bits per heavy atom. The van der Waals surface area contributed by atoms with Crippen LogP contribution in [0.25, 0.3) is 0 Å². The number of methoxy groups -OCH3 is 2. The number of benzene rings is 2. The second kappa shape index (κ2) is 11.3. The van der Waals surface area contributed by atoms with Crippen molar-refractivity contribution >= 4 is 35.1 Å². The monoisotopic (exact) mass is 455 g/mol. The standard InChI is InChI=1S/C23H26ClN5O3/c1-16(15-31-2)27-22-25-13-12-21(28-22)29(19-8-10-20(32-3)11-9-19)23(30)26-14-17-4-6-18(24)7-5-17/h4-13,16H,14-15H2,1-3H3,(H,26,30)(H,25,27,28). The third kappa shape index (κ3) is 6.32. The molecular weight excluding hydrogens is 430 g/mol. The molecule has 0 saturated heterocycles. The second-order valence-corrected chi connectivity index (χ2v) is 7.49. The zero-order valence-corrected chi connectivity index (χ0v) is 19.0. The third-order valence-electron chi connectivity index (χ3n) is 4.55. The van der Waals surface area contributed by atoms with Gasteiger partial charge in [0.2, 0.25) is 5.95 Å². The van der Waals surface area contributed by atoms with E-state index < -0.39 is 0 Å². The normalized spacial score (nSPS) is 11.5. The maximum Gasteiger partial charge on any atom is 0.327 e. The highest BCUT2D eigenvalue weighted by Gasteiger charge is 2.20. The first-order chi connectivity index (χ1) is 15.5. The van der Waals surface area contributed by atoms with E-state index >= 15 is 0 Å². The first kappa shape index (κ1) is 23.3. The summed E-state index contributed by atoms with van der Waals surface area (Å²) in [7, 11) is 3.22. The molecule has 168 valence electrons. The Morgan fingerprint density at radius 1 is 1.09 bits per heavy atom. The van der Waals surface area contributed by atoms with Gasteiger partial charge in [-0.2, -0.15) is 4.98 Å². The van der Waals surface area contributed by atoms with Crippen LogP contribution in [0.15, 0.2) is 60.8 Å². The van der Waals surface area contributed by atoms with Crippen LogP contribution in [0.5, 0.6) is 5.75 Å². The highest BCUT2D eigenvalue weighted by molar-refractivity contribution is 6.30. The third-order valence-corrected chi connectivity index (χ3v) is 4.80. The van der Waals surface area contributed by atoms with Gasteiger partial charge in [-0.3, -0.25) is 0 Å². The van der Waals surface area contributed by atoms with Crippen molar-refractivity contribution in [3.05, 3.63) is 71.4 Å². The van der Waals surface area contributed by atoms with Crippen LogP contribution in [0, 0.1) is 0 Å². The molecule has 0 aliphatic heterocycles. The van der Waals surface area contributed by atoms with Crippen LogP contribution in [0.2, 0.25) is 5.02 Å². The van der Waals surface area contributed by atoms with Crippen LogP contribution in [0.3, 0.4) is 0 Å². The minimum Gasteiger partial charge on any atom is -0.497 e. The summed E-state index contributed by atoms with van der Waals surface area (Å²) in [6.07, 6.45) is 1.60. The molecule has 0 spiro atoms. The Morgan fingerprint density at radius 2 is 1.81 bits per heavy atom. The molecule has 2 amide bonds. The molecular formula is C23H26ClN5O3. The number of carbonyl (C=O) groups excluding carboxylic acids is 1. The van der Waals surface area contributed by atoms with Crippen LogP contribution in [0.1, 0.15) is 12.5 Å². The summed E-state index contributed by atoms with van der Waals surface area (Å²) in [4.78, 5) is 23.5. The number of ether oxygens (including phenoxy) is 2. The van der Waals surface area contributed by atoms with E-state index in [1.807, 2.05) is 19.1 Å². The molecule has 2 aromatic carbocycles. The number of hydrogen-bond donors (Lipinski definition) is 2. The fraction of sp³-hybridized carbons (Fsp3) is 0.261. The minimum absolute atomic E-state index is 0.00316. The first-order valence-corrected chi connectivity index (χ1v) is 10.4. The molecule has 0 aliphatic rings. The number of hydrogen-bond acceptors (Lipinski definition) is 6. The highest BCUT2D eigenvalue weighted by atomic mass is 35.5. The van der Waals surface area contributed by atoms with Crippen LogP contribution < -0.4 is 20.3 Å². The average molecular weight is 456 g/mol. The summed E-state index contributed by atoms with van der Waals surface area (Å²) in [5.41, 5.74) is 1.56. The van der Waals surface area contributed by atoms with Crippen molar-refractivity contribution in [1.82, 2.24) is 15.3 Å². The maximum atomic E-state index is 13.2. The van der Waals surface area contributed by atoms with Gasteiger partial charge in [0, 0.05) is 37.0 Å². The van der Waals surface area contributed by atoms with E-state index in [0.717, 1.165) is 5.56 Å². The SMILES string of the molecule is COCC(C)Nc1nccc(N(C(=O)NCc2ccc(Cl)cc2)c2ccc(OC)cc2)n1. The van der Waals surface area contributed by atoms with Gasteiger partial charge >= 0.3 is 6.03 Å². The molecule has 1 heterocycles. The van der Waals surface area contributed by atoms with E-state index in [-0.39, 0.29) is 12.1 Å². The molecule has 0 aliphatic carbocycles. The van der Waals surface area contributed by atoms with E-state index in [0.29, 0.717) is 41.4 Å². The molecule has 1 atom stereocenters. The van der Waals surface area contributed by atoms with Crippen molar-refractivity contribution in [3.8, 4) is 5.75 Å². The van der Waals surface area contributed by atoms with Gasteiger partial charge in [0.15, 0.2) is 0 Å². The maximum absolute atomic E-state index is 13.2. The summed E-state index contributed by atoms with van der Waals surface area (Å²) >= 11 is 5.95. The molecule has 8 nitrogen and oxygen atoms in total. The molecule has 3 rings (SSSR count). The van der Waals surface area contributed by atoms with Crippen LogP contribution in [-0.2, 0) is 11.3 Å². The summed E-state index contributed by atoms with van der Waals surface area (Å²) in [6.45, 7) is 2.79. The summed E-state index contributed by atoms with van der Waals surface area (Å²) in [5.74, 6) is 1.51. The number of carbonyl (C=O) groups is 1. The lowest BCUT2D eigenvalue weighted by Crippen LogP contribution is -2.37. The predicted octanol–water partition coefficient (Wildman–Crippen LogP) is 4.63. The predicted molar refractivity (Wildman–Crippen MR) is 126 cm³/mol. The Bertz CT molecular complexity index is 1010. The quantitative estimate of drug-likeness (QED) is 0.489. The van der Waals surface area contributed by atoms with Gasteiger partial charge < -0.3 is 20.1 Å². The molecule has 0 radical (unpaired) electrons. The van der Waals surface area contributed by atoms with Crippen molar-refractivity contribution in [3.63, 3.8) is 0 Å². The van der Waals surface area contributed by atoms with Crippen LogP contribution in [-0.4, -0.2) is 42.9 Å². The minimum atomic E-state index is -0.334. The first-order valence-electron chi connectivity index (χ1n) is 10.0. The van der Waals surface area contributed by atoms with Crippen molar-refractivity contribution < 1.29 is 14.3 Å². The van der Waals surface area contributed by atoms with Gasteiger partial charge in [-0.1, -0.05) is 23.7 Å². The van der Waals surface area contributed by atoms with E-state index in [9.17, 15) is 4.79 Å². The largest absolute Gasteiger partial charge is 0.497 e. The van der Waals surface area contributed by atoms with E-state index in [1.165, 1.54) is 4.90 Å². The Kier molecular flexibility index (Phi) is 8.24. The van der Waals surface area contributed by atoms with E-state index in [4.69, 9.17) is 21.1 Å². The summed E-state index contributed by atoms with van der Waals surface area (Å²) < 4.78 is 10.4. The van der Waals surface area contributed by atoms with Gasteiger partial charge in [-0.15, -0.1) is 0 Å². The zero-order chi connectivity index (χ0) is 22.9. The molecule has 9 heteroatoms. The number of nitrogens with one attached hydrogen (secondary N) is 2. The smallest absolute Gasteiger partial charge is 0.327 e. The lowest BCUT2D eigenvalue weighted by molar-refractivity contribution is 0.190. The molecule has 1 unspecified atom stereocenters. The van der Waals surface area contributed by atoms with Crippen LogP contribution >= 0.6 is 11.6 Å². The van der Waals surface area contributed by atoms with Gasteiger partial charge in [0.25, 0.3) is 0 Å². The molecule has 1 aromatic heterocycles. The Balaban J connectivity index is 1.86. The van der Waals surface area contributed by atoms with Crippen molar-refractivity contribution in [2.45, 2.75) is 19.5 Å². The van der Waals surface area contributed by atoms with Crippen molar-refractivity contribution in [2.24, 2.45) is 0 Å². The Hall–Kier alpha value is -3.36. The fourth-order valence-electron chi connectivity index (χ4n) is 3.00. The number of anilines is 3. The summed E-state index contributed by atoms with van der Waals surface area (Å²) in [5, 5.41) is 6.75. The second-order valence-electron chi connectivity index (χ2n) is 7.06. The number of rotatable bonds is 9. The van der Waals surface area contributed by atoms with Crippen molar-refractivity contribution in [1.29, 1.82) is 0 Å². The average Bonchev–Trinajstić information content (AvgIpc) is 2.80. The highest BCUT2D eigenvalue weighted by Crippen LogP contribution is 2.26. The zero-order valence-electron chi connectivity index (χ0n) is 18.2. The van der Waals surface area contributed by atoms with E-state index in [1.54, 1.807) is 62.9 Å². The topological polar surface area (TPSA) is 88.6 Å². The van der Waals surface area contributed by atoms with E-state index in [2.05, 4.69) is 20.6 Å². The molecule has 0 saturated carbocycles. The molecule has 0 bridgehead atoms. The number of amides is 2. The van der Waals surface area contributed by atoms with Gasteiger partial charge in [0.05, 0.1) is 19.4 Å². The fourth-order valence-corrected chi connectivity index (χ4v) is 3.13. The number of urea groups is 1. The van der Waals surface area contributed by atoms with Crippen LogP contribution in [0.4, 0.5) is 22.2 Å². The summed E-state index contributed by atoms with van der Waals surface area (Å²) in [6, 6.07) is 15.8. The van der Waals surface area contributed by atoms with Crippen molar-refractivity contribution in [2.75, 3.05) is 31.0 Å². The molecule has 2 N–H and O–H groups in total. The van der Waals surface area contributed by atoms with Gasteiger partial charge in [-0.25, -0.2) is 14.7 Å².